The van der Waals surface area contributed by atoms with Gasteiger partial charge in [0.25, 0.3) is 5.24 Å². The summed E-state index contributed by atoms with van der Waals surface area (Å²) >= 11 is 1.07. The van der Waals surface area contributed by atoms with Crippen LogP contribution in [0.1, 0.15) is 31.0 Å². The van der Waals surface area contributed by atoms with E-state index in [1.165, 1.54) is 17.0 Å². The number of fused-ring (bicyclic) bond motifs is 1. The molecule has 1 amide bonds. The van der Waals surface area contributed by atoms with Gasteiger partial charge in [0, 0.05) is 17.9 Å². The van der Waals surface area contributed by atoms with Gasteiger partial charge in [0.2, 0.25) is 0 Å². The van der Waals surface area contributed by atoms with Crippen molar-refractivity contribution in [3.8, 4) is 5.75 Å². The van der Waals surface area contributed by atoms with Crippen molar-refractivity contribution in [2.75, 3.05) is 18.9 Å². The lowest BCUT2D eigenvalue weighted by atomic mass is 10.0. The summed E-state index contributed by atoms with van der Waals surface area (Å²) in [6, 6.07) is 2.79. The van der Waals surface area contributed by atoms with Gasteiger partial charge in [-0.2, -0.15) is 13.2 Å². The smallest absolute Gasteiger partial charge is 0.437 e. The van der Waals surface area contributed by atoms with Gasteiger partial charge >= 0.3 is 6.18 Å². The fraction of sp³-hybridized carbons (Fsp3) is 0.529. The Balaban J connectivity index is 1.72. The van der Waals surface area contributed by atoms with E-state index in [2.05, 4.69) is 5.16 Å². The monoisotopic (exact) mass is 404 g/mol. The van der Waals surface area contributed by atoms with Gasteiger partial charge < -0.3 is 19.3 Å². The van der Waals surface area contributed by atoms with Gasteiger partial charge in [0.15, 0.2) is 11.3 Å². The van der Waals surface area contributed by atoms with E-state index >= 15 is 0 Å². The Labute approximate surface area is 157 Å². The Hall–Kier alpha value is -1.94. The van der Waals surface area contributed by atoms with Crippen molar-refractivity contribution in [1.29, 1.82) is 0 Å². The van der Waals surface area contributed by atoms with Crippen molar-refractivity contribution in [1.82, 2.24) is 10.1 Å². The highest BCUT2D eigenvalue weighted by Gasteiger charge is 2.37. The molecule has 3 rings (SSSR count). The summed E-state index contributed by atoms with van der Waals surface area (Å²) in [4.78, 5) is 13.0. The maximum Gasteiger partial charge on any atom is 0.437 e. The second kappa shape index (κ2) is 7.97. The van der Waals surface area contributed by atoms with Crippen LogP contribution in [0, 0.1) is 0 Å². The standard InChI is InChI=1S/C17H19F3N2O4S/c1-2-4-10-12(25-8-3-7-22-13(23)9-27-16(22)24)6-5-11-14(10)26-21-15(11)17(18,19)20/h5-6,13,23H,2-4,7-9H2,1H3. The lowest BCUT2D eigenvalue weighted by Gasteiger charge is -2.19. The largest absolute Gasteiger partial charge is 0.493 e. The van der Waals surface area contributed by atoms with Gasteiger partial charge in [-0.05, 0) is 25.0 Å². The number of nitrogens with zero attached hydrogens (tertiary/aromatic N) is 2. The molecule has 0 spiro atoms. The number of aliphatic hydroxyl groups is 1. The molecule has 1 aromatic carbocycles. The maximum absolute atomic E-state index is 13.0. The summed E-state index contributed by atoms with van der Waals surface area (Å²) in [5.41, 5.74) is -0.408. The number of carbonyl (C=O) groups is 1. The van der Waals surface area contributed by atoms with Crippen molar-refractivity contribution >= 4 is 28.0 Å². The fourth-order valence-corrected chi connectivity index (χ4v) is 3.82. The number of aliphatic hydroxyl groups excluding tert-OH is 1. The van der Waals surface area contributed by atoms with E-state index in [1.54, 1.807) is 0 Å². The zero-order valence-electron chi connectivity index (χ0n) is 14.6. The van der Waals surface area contributed by atoms with Crippen molar-refractivity contribution in [3.63, 3.8) is 0 Å². The summed E-state index contributed by atoms with van der Waals surface area (Å²) in [5, 5.41) is 12.6. The van der Waals surface area contributed by atoms with Gasteiger partial charge in [-0.3, -0.25) is 4.79 Å². The molecule has 1 unspecified atom stereocenters. The summed E-state index contributed by atoms with van der Waals surface area (Å²) in [7, 11) is 0. The van der Waals surface area contributed by atoms with E-state index in [1.807, 2.05) is 6.92 Å². The number of halogens is 3. The number of ether oxygens (including phenoxy) is 1. The molecular formula is C17H19F3N2O4S. The molecule has 1 atom stereocenters. The predicted molar refractivity (Wildman–Crippen MR) is 93.7 cm³/mol. The molecule has 0 radical (unpaired) electrons. The highest BCUT2D eigenvalue weighted by Crippen LogP contribution is 2.38. The Morgan fingerprint density at radius 3 is 2.85 bits per heavy atom. The first-order valence-electron chi connectivity index (χ1n) is 8.55. The number of amides is 1. The number of alkyl halides is 3. The maximum atomic E-state index is 13.0. The number of thioether (sulfide) groups is 1. The molecule has 27 heavy (non-hydrogen) atoms. The fourth-order valence-electron chi connectivity index (χ4n) is 2.97. The van der Waals surface area contributed by atoms with Crippen molar-refractivity contribution in [2.24, 2.45) is 0 Å². The molecule has 0 saturated carbocycles. The molecule has 1 fully saturated rings. The van der Waals surface area contributed by atoms with Crippen LogP contribution in [0.15, 0.2) is 16.7 Å². The van der Waals surface area contributed by atoms with E-state index < -0.39 is 18.1 Å². The quantitative estimate of drug-likeness (QED) is 0.702. The molecule has 2 aromatic rings. The van der Waals surface area contributed by atoms with E-state index in [9.17, 15) is 23.1 Å². The topological polar surface area (TPSA) is 75.8 Å². The van der Waals surface area contributed by atoms with Crippen LogP contribution in [-0.2, 0) is 12.6 Å². The van der Waals surface area contributed by atoms with Crippen LogP contribution >= 0.6 is 11.8 Å². The zero-order valence-corrected chi connectivity index (χ0v) is 15.4. The first-order chi connectivity index (χ1) is 12.8. The molecule has 1 N–H and O–H groups in total. The van der Waals surface area contributed by atoms with E-state index in [0.717, 1.165) is 11.8 Å². The Morgan fingerprint density at radius 1 is 1.44 bits per heavy atom. The molecule has 2 heterocycles. The van der Waals surface area contributed by atoms with E-state index in [-0.39, 0.29) is 22.8 Å². The SMILES string of the molecule is CCCc1c(OCCCN2C(=O)SCC2O)ccc2c(C(F)(F)F)noc12. The summed E-state index contributed by atoms with van der Waals surface area (Å²) < 4.78 is 49.8. The number of hydrogen-bond donors (Lipinski definition) is 1. The highest BCUT2D eigenvalue weighted by atomic mass is 32.2. The first kappa shape index (κ1) is 19.8. The van der Waals surface area contributed by atoms with Crippen LogP contribution in [0.25, 0.3) is 11.0 Å². The summed E-state index contributed by atoms with van der Waals surface area (Å²) in [5.74, 6) is 0.793. The minimum atomic E-state index is -4.59. The highest BCUT2D eigenvalue weighted by molar-refractivity contribution is 8.13. The number of rotatable bonds is 7. The molecule has 1 aliphatic heterocycles. The van der Waals surface area contributed by atoms with Crippen LogP contribution in [0.2, 0.25) is 0 Å². The van der Waals surface area contributed by atoms with Crippen molar-refractivity contribution < 1.29 is 32.3 Å². The number of aryl methyl sites for hydroxylation is 1. The number of carbonyl (C=O) groups excluding carboxylic acids is 1. The van der Waals surface area contributed by atoms with Gasteiger partial charge in [-0.15, -0.1) is 0 Å². The van der Waals surface area contributed by atoms with Gasteiger partial charge in [0.05, 0.1) is 12.0 Å². The van der Waals surface area contributed by atoms with E-state index in [0.29, 0.717) is 42.9 Å². The average Bonchev–Trinajstić information content (AvgIpc) is 3.18. The third kappa shape index (κ3) is 4.16. The lowest BCUT2D eigenvalue weighted by molar-refractivity contribution is -0.141. The number of aromatic nitrogens is 1. The number of hydrogen-bond acceptors (Lipinski definition) is 6. The number of benzene rings is 1. The molecular weight excluding hydrogens is 385 g/mol. The molecule has 6 nitrogen and oxygen atoms in total. The van der Waals surface area contributed by atoms with E-state index in [4.69, 9.17) is 9.26 Å². The van der Waals surface area contributed by atoms with Gasteiger partial charge in [-0.1, -0.05) is 30.3 Å². The van der Waals surface area contributed by atoms with Gasteiger partial charge in [0.1, 0.15) is 12.0 Å². The predicted octanol–water partition coefficient (Wildman–Crippen LogP) is 4.06. The zero-order chi connectivity index (χ0) is 19.6. The molecule has 1 saturated heterocycles. The normalized spacial score (nSPS) is 17.9. The summed E-state index contributed by atoms with van der Waals surface area (Å²) in [6.45, 7) is 2.50. The Morgan fingerprint density at radius 2 is 2.22 bits per heavy atom. The molecule has 1 aromatic heterocycles. The molecule has 148 valence electrons. The van der Waals surface area contributed by atoms with Crippen LogP contribution in [-0.4, -0.2) is 45.5 Å². The molecule has 10 heteroatoms. The average molecular weight is 404 g/mol. The van der Waals surface area contributed by atoms with Crippen molar-refractivity contribution in [3.05, 3.63) is 23.4 Å². The van der Waals surface area contributed by atoms with Crippen LogP contribution in [0.3, 0.4) is 0 Å². The molecule has 1 aliphatic rings. The molecule has 0 aliphatic carbocycles. The minimum absolute atomic E-state index is 0.0823. The Kier molecular flexibility index (Phi) is 5.85. The van der Waals surface area contributed by atoms with Crippen molar-refractivity contribution in [2.45, 2.75) is 38.6 Å². The first-order valence-corrected chi connectivity index (χ1v) is 9.54. The third-order valence-corrected chi connectivity index (χ3v) is 5.17. The summed E-state index contributed by atoms with van der Waals surface area (Å²) in [6.07, 6.45) is -3.71. The second-order valence-electron chi connectivity index (χ2n) is 6.15. The Bertz CT molecular complexity index is 824. The third-order valence-electron chi connectivity index (χ3n) is 4.22. The minimum Gasteiger partial charge on any atom is -0.493 e. The lowest BCUT2D eigenvalue weighted by Crippen LogP contribution is -2.34. The second-order valence-corrected chi connectivity index (χ2v) is 7.12. The van der Waals surface area contributed by atoms with Crippen LogP contribution in [0.5, 0.6) is 5.75 Å². The van der Waals surface area contributed by atoms with Crippen LogP contribution < -0.4 is 4.74 Å². The van der Waals surface area contributed by atoms with Crippen LogP contribution in [0.4, 0.5) is 18.0 Å². The molecule has 0 bridgehead atoms. The van der Waals surface area contributed by atoms with Gasteiger partial charge in [-0.25, -0.2) is 0 Å².